The van der Waals surface area contributed by atoms with Crippen LogP contribution in [0.25, 0.3) is 0 Å². The molecule has 3 fully saturated rings. The largest absolute Gasteiger partial charge is 0.0654 e. The molecule has 18 heavy (non-hydrogen) atoms. The van der Waals surface area contributed by atoms with Gasteiger partial charge in [0, 0.05) is 0 Å². The molecule has 0 spiro atoms. The number of hydrogen-bond acceptors (Lipinski definition) is 0. The van der Waals surface area contributed by atoms with Crippen LogP contribution in [0, 0.1) is 46.8 Å². The van der Waals surface area contributed by atoms with Crippen molar-refractivity contribution in [2.24, 2.45) is 46.8 Å². The van der Waals surface area contributed by atoms with E-state index in [9.17, 15) is 0 Å². The Bertz CT molecular complexity index is 320. The molecule has 2 bridgehead atoms. The highest BCUT2D eigenvalue weighted by Crippen LogP contribution is 2.71. The van der Waals surface area contributed by atoms with Crippen LogP contribution in [0.5, 0.6) is 0 Å². The van der Waals surface area contributed by atoms with Crippen LogP contribution in [-0.4, -0.2) is 0 Å². The Hall–Kier alpha value is 0. The highest BCUT2D eigenvalue weighted by Gasteiger charge is 2.65. The van der Waals surface area contributed by atoms with Gasteiger partial charge in [-0.25, -0.2) is 0 Å². The van der Waals surface area contributed by atoms with Gasteiger partial charge in [0.15, 0.2) is 0 Å². The maximum Gasteiger partial charge on any atom is -0.0269 e. The minimum absolute atomic E-state index is 0.669. The van der Waals surface area contributed by atoms with Crippen molar-refractivity contribution < 1.29 is 0 Å². The van der Waals surface area contributed by atoms with Crippen molar-refractivity contribution in [3.05, 3.63) is 0 Å². The second-order valence-electron chi connectivity index (χ2n) is 8.07. The summed E-state index contributed by atoms with van der Waals surface area (Å²) in [5, 5.41) is 0. The van der Waals surface area contributed by atoms with Gasteiger partial charge in [0.05, 0.1) is 0 Å². The molecule has 0 heterocycles. The Morgan fingerprint density at radius 1 is 1.06 bits per heavy atom. The van der Waals surface area contributed by atoms with E-state index in [4.69, 9.17) is 0 Å². The fourth-order valence-corrected chi connectivity index (χ4v) is 6.74. The standard InChI is InChI=1S/C18H32/c1-6-8-13-9-11(3)16-14-10-15(17(13)16)18(5,7-2)12(14)4/h11-17H,6-10H2,1-5H3. The molecular formula is C18H32. The quantitative estimate of drug-likeness (QED) is 0.629. The van der Waals surface area contributed by atoms with Crippen LogP contribution in [0.1, 0.15) is 66.7 Å². The molecule has 0 aliphatic heterocycles. The van der Waals surface area contributed by atoms with Gasteiger partial charge in [-0.1, -0.05) is 53.9 Å². The number of hydrogen-bond donors (Lipinski definition) is 0. The summed E-state index contributed by atoms with van der Waals surface area (Å²) in [5.74, 6) is 7.41. The van der Waals surface area contributed by atoms with Crippen molar-refractivity contribution in [3.63, 3.8) is 0 Å². The van der Waals surface area contributed by atoms with E-state index in [-0.39, 0.29) is 0 Å². The zero-order valence-electron chi connectivity index (χ0n) is 13.1. The van der Waals surface area contributed by atoms with Gasteiger partial charge in [-0.3, -0.25) is 0 Å². The topological polar surface area (TPSA) is 0 Å². The van der Waals surface area contributed by atoms with Crippen molar-refractivity contribution >= 4 is 0 Å². The Labute approximate surface area is 114 Å². The van der Waals surface area contributed by atoms with Crippen LogP contribution >= 0.6 is 0 Å². The molecule has 0 aromatic rings. The van der Waals surface area contributed by atoms with Crippen LogP contribution in [0.15, 0.2) is 0 Å². The summed E-state index contributed by atoms with van der Waals surface area (Å²) in [6, 6.07) is 0. The molecule has 0 radical (unpaired) electrons. The molecule has 3 aliphatic rings. The Kier molecular flexibility index (Phi) is 3.07. The van der Waals surface area contributed by atoms with E-state index in [0.717, 1.165) is 41.4 Å². The summed E-state index contributed by atoms with van der Waals surface area (Å²) in [6.07, 6.45) is 7.43. The third-order valence-corrected chi connectivity index (χ3v) is 7.76. The Morgan fingerprint density at radius 3 is 2.39 bits per heavy atom. The lowest BCUT2D eigenvalue weighted by Crippen LogP contribution is -2.41. The average molecular weight is 248 g/mol. The average Bonchev–Trinajstić information content (AvgIpc) is 2.95. The molecule has 0 amide bonds. The first-order chi connectivity index (χ1) is 8.54. The van der Waals surface area contributed by atoms with Crippen molar-refractivity contribution in [2.75, 3.05) is 0 Å². The first-order valence-corrected chi connectivity index (χ1v) is 8.54. The van der Waals surface area contributed by atoms with E-state index in [1.165, 1.54) is 19.3 Å². The molecule has 3 rings (SSSR count). The summed E-state index contributed by atoms with van der Waals surface area (Å²) in [5.41, 5.74) is 0.669. The van der Waals surface area contributed by atoms with Gasteiger partial charge in [-0.15, -0.1) is 0 Å². The fraction of sp³-hybridized carbons (Fsp3) is 1.00. The van der Waals surface area contributed by atoms with E-state index >= 15 is 0 Å². The van der Waals surface area contributed by atoms with Crippen molar-refractivity contribution in [3.8, 4) is 0 Å². The molecule has 0 nitrogen and oxygen atoms in total. The van der Waals surface area contributed by atoms with E-state index < -0.39 is 0 Å². The molecular weight excluding hydrogens is 216 g/mol. The zero-order valence-corrected chi connectivity index (χ0v) is 13.1. The molecule has 104 valence electrons. The molecule has 3 saturated carbocycles. The predicted molar refractivity (Wildman–Crippen MR) is 78.3 cm³/mol. The maximum atomic E-state index is 2.62. The van der Waals surface area contributed by atoms with E-state index in [1.807, 2.05) is 0 Å². The van der Waals surface area contributed by atoms with Gasteiger partial charge in [0.1, 0.15) is 0 Å². The number of rotatable bonds is 3. The van der Waals surface area contributed by atoms with Gasteiger partial charge in [0.2, 0.25) is 0 Å². The monoisotopic (exact) mass is 248 g/mol. The van der Waals surface area contributed by atoms with Crippen molar-refractivity contribution in [1.82, 2.24) is 0 Å². The van der Waals surface area contributed by atoms with Gasteiger partial charge in [-0.2, -0.15) is 0 Å². The van der Waals surface area contributed by atoms with Gasteiger partial charge in [0.25, 0.3) is 0 Å². The molecule has 8 unspecified atom stereocenters. The highest BCUT2D eigenvalue weighted by molar-refractivity contribution is 5.13. The fourth-order valence-electron chi connectivity index (χ4n) is 6.74. The predicted octanol–water partition coefficient (Wildman–Crippen LogP) is 5.38. The Morgan fingerprint density at radius 2 is 1.78 bits per heavy atom. The third-order valence-electron chi connectivity index (χ3n) is 7.76. The first kappa shape index (κ1) is 13.0. The molecule has 0 heteroatoms. The summed E-state index contributed by atoms with van der Waals surface area (Å²) >= 11 is 0. The van der Waals surface area contributed by atoms with E-state index in [0.29, 0.717) is 5.41 Å². The Balaban J connectivity index is 1.90. The van der Waals surface area contributed by atoms with Crippen LogP contribution < -0.4 is 0 Å². The second kappa shape index (κ2) is 4.25. The van der Waals surface area contributed by atoms with E-state index in [2.05, 4.69) is 34.6 Å². The van der Waals surface area contributed by atoms with Crippen LogP contribution in [-0.2, 0) is 0 Å². The lowest BCUT2D eigenvalue weighted by molar-refractivity contribution is 0.0119. The lowest BCUT2D eigenvalue weighted by atomic mass is 9.58. The van der Waals surface area contributed by atoms with Gasteiger partial charge < -0.3 is 0 Å². The van der Waals surface area contributed by atoms with Crippen LogP contribution in [0.3, 0.4) is 0 Å². The van der Waals surface area contributed by atoms with Crippen molar-refractivity contribution in [1.29, 1.82) is 0 Å². The molecule has 0 aromatic carbocycles. The minimum Gasteiger partial charge on any atom is -0.0654 e. The summed E-state index contributed by atoms with van der Waals surface area (Å²) < 4.78 is 0. The van der Waals surface area contributed by atoms with Gasteiger partial charge in [-0.05, 0) is 59.7 Å². The molecule has 0 aromatic heterocycles. The zero-order chi connectivity index (χ0) is 13.1. The molecule has 8 atom stereocenters. The molecule has 0 N–H and O–H groups in total. The van der Waals surface area contributed by atoms with Crippen molar-refractivity contribution in [2.45, 2.75) is 66.7 Å². The summed E-state index contributed by atoms with van der Waals surface area (Å²) in [7, 11) is 0. The van der Waals surface area contributed by atoms with Crippen LogP contribution in [0.4, 0.5) is 0 Å². The van der Waals surface area contributed by atoms with Crippen LogP contribution in [0.2, 0.25) is 0 Å². The van der Waals surface area contributed by atoms with Gasteiger partial charge >= 0.3 is 0 Å². The third kappa shape index (κ3) is 1.44. The maximum absolute atomic E-state index is 2.62. The molecule has 0 saturated heterocycles. The SMILES string of the molecule is CCCC1CC(C)C2C3CC(C12)C(C)(CC)C3C. The molecule has 3 aliphatic carbocycles. The summed E-state index contributed by atoms with van der Waals surface area (Å²) in [6.45, 7) is 12.6. The number of fused-ring (bicyclic) bond motifs is 5. The second-order valence-corrected chi connectivity index (χ2v) is 8.07. The minimum atomic E-state index is 0.669. The lowest BCUT2D eigenvalue weighted by Gasteiger charge is -2.47. The normalized spacial score (nSPS) is 58.2. The smallest absolute Gasteiger partial charge is 0.0269 e. The summed E-state index contributed by atoms with van der Waals surface area (Å²) in [4.78, 5) is 0. The highest BCUT2D eigenvalue weighted by atomic mass is 14.7. The van der Waals surface area contributed by atoms with E-state index in [1.54, 1.807) is 12.8 Å². The first-order valence-electron chi connectivity index (χ1n) is 8.54.